The molecule has 2 aliphatic rings. The van der Waals surface area contributed by atoms with Crippen molar-refractivity contribution in [2.24, 2.45) is 0 Å². The van der Waals surface area contributed by atoms with Crippen molar-refractivity contribution in [3.05, 3.63) is 47.0 Å². The maximum Gasteiger partial charge on any atom is 0.270 e. The highest BCUT2D eigenvalue weighted by molar-refractivity contribution is 5.94. The molecule has 1 aliphatic heterocycles. The topological polar surface area (TPSA) is 84.1 Å². The van der Waals surface area contributed by atoms with Crippen LogP contribution in [0.1, 0.15) is 47.4 Å². The number of anilines is 2. The fourth-order valence-corrected chi connectivity index (χ4v) is 4.03. The number of hydrogen-bond donors (Lipinski definition) is 2. The van der Waals surface area contributed by atoms with E-state index in [1.54, 1.807) is 12.1 Å². The van der Waals surface area contributed by atoms with Crippen LogP contribution in [0.2, 0.25) is 0 Å². The van der Waals surface area contributed by atoms with Gasteiger partial charge in [-0.05, 0) is 50.7 Å². The Morgan fingerprint density at radius 1 is 1.15 bits per heavy atom. The number of rotatable bonds is 3. The molecule has 0 atom stereocenters. The number of hydrogen-bond acceptors (Lipinski definition) is 5. The van der Waals surface area contributed by atoms with Crippen molar-refractivity contribution in [3.63, 3.8) is 0 Å². The predicted octanol–water partition coefficient (Wildman–Crippen LogP) is 2.48. The molecule has 0 bridgehead atoms. The molecule has 2 aromatic rings. The van der Waals surface area contributed by atoms with Crippen LogP contribution in [0.3, 0.4) is 0 Å². The van der Waals surface area contributed by atoms with Crippen molar-refractivity contribution < 1.29 is 9.18 Å². The lowest BCUT2D eigenvalue weighted by Gasteiger charge is -2.34. The molecule has 27 heavy (non-hydrogen) atoms. The van der Waals surface area contributed by atoms with Gasteiger partial charge < -0.3 is 16.0 Å². The zero-order valence-corrected chi connectivity index (χ0v) is 15.2. The zero-order chi connectivity index (χ0) is 18.8. The van der Waals surface area contributed by atoms with Crippen LogP contribution in [0, 0.1) is 5.82 Å². The molecule has 1 aromatic carbocycles. The number of amides is 1. The SMILES string of the molecule is Nc1nc2c(c(C(=O)NC3CCN(c4ccccc4F)CC3)n1)CCCC2. The summed E-state index contributed by atoms with van der Waals surface area (Å²) in [7, 11) is 0. The number of nitrogens with two attached hydrogens (primary N) is 1. The third-order valence-corrected chi connectivity index (χ3v) is 5.44. The van der Waals surface area contributed by atoms with Gasteiger partial charge in [0.2, 0.25) is 5.95 Å². The number of nitrogens with one attached hydrogen (secondary N) is 1. The van der Waals surface area contributed by atoms with Crippen molar-refractivity contribution in [2.75, 3.05) is 23.7 Å². The summed E-state index contributed by atoms with van der Waals surface area (Å²) in [5.74, 6) is -0.218. The highest BCUT2D eigenvalue weighted by Crippen LogP contribution is 2.25. The van der Waals surface area contributed by atoms with E-state index in [1.807, 2.05) is 11.0 Å². The number of carbonyl (C=O) groups is 1. The average molecular weight is 369 g/mol. The molecule has 0 saturated carbocycles. The molecule has 4 rings (SSSR count). The van der Waals surface area contributed by atoms with E-state index in [2.05, 4.69) is 15.3 Å². The number of benzene rings is 1. The van der Waals surface area contributed by atoms with Crippen molar-refractivity contribution in [2.45, 2.75) is 44.6 Å². The normalized spacial score (nSPS) is 17.4. The van der Waals surface area contributed by atoms with Crippen LogP contribution in [0.25, 0.3) is 0 Å². The first-order chi connectivity index (χ1) is 13.1. The van der Waals surface area contributed by atoms with Crippen LogP contribution < -0.4 is 16.0 Å². The van der Waals surface area contributed by atoms with Crippen LogP contribution in [-0.4, -0.2) is 35.0 Å². The van der Waals surface area contributed by atoms with Gasteiger partial charge in [0.05, 0.1) is 5.69 Å². The fraction of sp³-hybridized carbons (Fsp3) is 0.450. The van der Waals surface area contributed by atoms with Crippen LogP contribution >= 0.6 is 0 Å². The summed E-state index contributed by atoms with van der Waals surface area (Å²) in [6.45, 7) is 1.41. The van der Waals surface area contributed by atoms with Gasteiger partial charge in [-0.1, -0.05) is 12.1 Å². The molecule has 0 radical (unpaired) electrons. The standard InChI is InChI=1S/C20H24FN5O/c21-15-6-2-4-8-17(15)26-11-9-13(10-12-26)23-19(27)18-14-5-1-3-7-16(14)24-20(22)25-18/h2,4,6,8,13H,1,3,5,7,9-12H2,(H,23,27)(H2,22,24,25). The minimum atomic E-state index is -0.205. The Balaban J connectivity index is 1.42. The number of nitrogens with zero attached hydrogens (tertiary/aromatic N) is 3. The lowest BCUT2D eigenvalue weighted by Crippen LogP contribution is -2.45. The molecule has 2 heterocycles. The smallest absolute Gasteiger partial charge is 0.270 e. The number of para-hydroxylation sites is 1. The van der Waals surface area contributed by atoms with Gasteiger partial charge in [0.25, 0.3) is 5.91 Å². The van der Waals surface area contributed by atoms with Gasteiger partial charge in [0.15, 0.2) is 0 Å². The monoisotopic (exact) mass is 369 g/mol. The lowest BCUT2D eigenvalue weighted by atomic mass is 9.94. The average Bonchev–Trinajstić information content (AvgIpc) is 2.68. The third-order valence-electron chi connectivity index (χ3n) is 5.44. The van der Waals surface area contributed by atoms with Crippen LogP contribution in [0.15, 0.2) is 24.3 Å². The van der Waals surface area contributed by atoms with E-state index in [0.717, 1.165) is 49.8 Å². The van der Waals surface area contributed by atoms with Gasteiger partial charge >= 0.3 is 0 Å². The fourth-order valence-electron chi connectivity index (χ4n) is 4.03. The molecule has 1 aromatic heterocycles. The summed E-state index contributed by atoms with van der Waals surface area (Å²) >= 11 is 0. The van der Waals surface area contributed by atoms with Crippen molar-refractivity contribution in [3.8, 4) is 0 Å². The van der Waals surface area contributed by atoms with E-state index < -0.39 is 0 Å². The summed E-state index contributed by atoms with van der Waals surface area (Å²) in [5, 5.41) is 3.09. The molecule has 6 nitrogen and oxygen atoms in total. The molecule has 1 amide bonds. The number of piperidine rings is 1. The maximum atomic E-state index is 14.0. The predicted molar refractivity (Wildman–Crippen MR) is 102 cm³/mol. The number of carbonyl (C=O) groups excluding carboxylic acids is 1. The van der Waals surface area contributed by atoms with E-state index in [-0.39, 0.29) is 23.7 Å². The molecular weight excluding hydrogens is 345 g/mol. The second-order valence-corrected chi connectivity index (χ2v) is 7.25. The van der Waals surface area contributed by atoms with E-state index in [9.17, 15) is 9.18 Å². The third kappa shape index (κ3) is 3.72. The van der Waals surface area contributed by atoms with E-state index >= 15 is 0 Å². The number of halogens is 1. The van der Waals surface area contributed by atoms with Crippen molar-refractivity contribution in [1.29, 1.82) is 0 Å². The molecule has 142 valence electrons. The van der Waals surface area contributed by atoms with E-state index in [4.69, 9.17) is 5.73 Å². The Morgan fingerprint density at radius 2 is 1.89 bits per heavy atom. The van der Waals surface area contributed by atoms with E-state index in [0.29, 0.717) is 24.5 Å². The number of aryl methyl sites for hydroxylation is 1. The summed E-state index contributed by atoms with van der Waals surface area (Å²) in [6, 6.07) is 6.86. The maximum absolute atomic E-state index is 14.0. The molecule has 3 N–H and O–H groups in total. The summed E-state index contributed by atoms with van der Waals surface area (Å²) in [5.41, 5.74) is 8.71. The molecule has 1 aliphatic carbocycles. The largest absolute Gasteiger partial charge is 0.369 e. The van der Waals surface area contributed by atoms with Crippen molar-refractivity contribution >= 4 is 17.5 Å². The lowest BCUT2D eigenvalue weighted by molar-refractivity contribution is 0.0924. The highest BCUT2D eigenvalue weighted by Gasteiger charge is 2.26. The first-order valence-corrected chi connectivity index (χ1v) is 9.57. The minimum absolute atomic E-state index is 0.0518. The van der Waals surface area contributed by atoms with Crippen LogP contribution in [0.4, 0.5) is 16.0 Å². The van der Waals surface area contributed by atoms with Gasteiger partial charge in [0.1, 0.15) is 11.5 Å². The first-order valence-electron chi connectivity index (χ1n) is 9.57. The van der Waals surface area contributed by atoms with Crippen LogP contribution in [0.5, 0.6) is 0 Å². The van der Waals surface area contributed by atoms with Gasteiger partial charge in [-0.3, -0.25) is 4.79 Å². The van der Waals surface area contributed by atoms with Gasteiger partial charge in [-0.25, -0.2) is 14.4 Å². The van der Waals surface area contributed by atoms with Crippen molar-refractivity contribution in [1.82, 2.24) is 15.3 Å². The molecular formula is C20H24FN5O. The van der Waals surface area contributed by atoms with Gasteiger partial charge in [-0.2, -0.15) is 0 Å². The molecule has 7 heteroatoms. The number of fused-ring (bicyclic) bond motifs is 1. The Labute approximate surface area is 158 Å². The Hall–Kier alpha value is -2.70. The Kier molecular flexibility index (Phi) is 4.92. The second kappa shape index (κ2) is 7.50. The molecule has 1 saturated heterocycles. The first kappa shape index (κ1) is 17.7. The molecule has 0 spiro atoms. The zero-order valence-electron chi connectivity index (χ0n) is 15.2. The summed E-state index contributed by atoms with van der Waals surface area (Å²) in [6.07, 6.45) is 5.32. The van der Waals surface area contributed by atoms with Gasteiger partial charge in [0, 0.05) is 30.4 Å². The van der Waals surface area contributed by atoms with Crippen LogP contribution in [-0.2, 0) is 12.8 Å². The Bertz CT molecular complexity index is 848. The summed E-state index contributed by atoms with van der Waals surface area (Å²) in [4.78, 5) is 23.4. The van der Waals surface area contributed by atoms with E-state index in [1.165, 1.54) is 6.07 Å². The second-order valence-electron chi connectivity index (χ2n) is 7.25. The highest BCUT2D eigenvalue weighted by atomic mass is 19.1. The quantitative estimate of drug-likeness (QED) is 0.868. The molecule has 0 unspecified atom stereocenters. The Morgan fingerprint density at radius 3 is 2.67 bits per heavy atom. The summed E-state index contributed by atoms with van der Waals surface area (Å²) < 4.78 is 14.0. The minimum Gasteiger partial charge on any atom is -0.369 e. The molecule has 1 fully saturated rings. The number of nitrogen functional groups attached to an aromatic ring is 1. The van der Waals surface area contributed by atoms with Gasteiger partial charge in [-0.15, -0.1) is 0 Å². The number of aromatic nitrogens is 2.